The fourth-order valence-electron chi connectivity index (χ4n) is 4.75. The van der Waals surface area contributed by atoms with Crippen molar-refractivity contribution in [1.82, 2.24) is 10.2 Å². The van der Waals surface area contributed by atoms with Crippen LogP contribution in [0.3, 0.4) is 0 Å². The lowest BCUT2D eigenvalue weighted by molar-refractivity contribution is -0.137. The van der Waals surface area contributed by atoms with E-state index in [4.69, 9.17) is 15.9 Å². The van der Waals surface area contributed by atoms with Crippen molar-refractivity contribution in [3.8, 4) is 11.5 Å². The second kappa shape index (κ2) is 10.7. The molecule has 1 aliphatic carbocycles. The van der Waals surface area contributed by atoms with Gasteiger partial charge in [0.05, 0.1) is 6.54 Å². The number of likely N-dealkylation sites (tertiary alicyclic amines) is 1. The Morgan fingerprint density at radius 2 is 1.87 bits per heavy atom. The number of nitrogens with one attached hydrogen (secondary N) is 2. The molecule has 0 bridgehead atoms. The quantitative estimate of drug-likeness (QED) is 0.210. The van der Waals surface area contributed by atoms with E-state index in [2.05, 4.69) is 5.32 Å². The van der Waals surface area contributed by atoms with Crippen LogP contribution in [0.1, 0.15) is 29.7 Å². The van der Waals surface area contributed by atoms with Crippen molar-refractivity contribution in [3.63, 3.8) is 0 Å². The number of thiophene rings is 1. The van der Waals surface area contributed by atoms with Crippen molar-refractivity contribution in [3.05, 3.63) is 76.5 Å². The third kappa shape index (κ3) is 5.70. The van der Waals surface area contributed by atoms with Gasteiger partial charge in [-0.15, -0.1) is 11.3 Å². The number of carbonyl (C=O) groups excluding carboxylic acids is 3. The van der Waals surface area contributed by atoms with Crippen LogP contribution >= 0.6 is 11.3 Å². The molecule has 3 aromatic rings. The molecule has 1 atom stereocenters. The summed E-state index contributed by atoms with van der Waals surface area (Å²) in [6, 6.07) is 17.5. The molecule has 1 aromatic heterocycles. The van der Waals surface area contributed by atoms with E-state index < -0.39 is 6.04 Å². The molecule has 5 rings (SSSR count). The second-order valence-electron chi connectivity index (χ2n) is 9.82. The summed E-state index contributed by atoms with van der Waals surface area (Å²) >= 11 is 1.42. The molecular weight excluding hydrogens is 502 g/mol. The highest BCUT2D eigenvalue weighted by molar-refractivity contribution is 7.10. The first-order chi connectivity index (χ1) is 18.4. The summed E-state index contributed by atoms with van der Waals surface area (Å²) in [6.45, 7) is 0.670. The number of amidine groups is 1. The Morgan fingerprint density at radius 1 is 1.16 bits per heavy atom. The SMILES string of the molecule is N=C(N)c1csc(CNC(=O)C2CC3(CC3)CN2C(=O)CN(C=O)c2ccc(Oc3ccccc3)cc2)c1. The van der Waals surface area contributed by atoms with Crippen LogP contribution in [0.4, 0.5) is 5.69 Å². The molecule has 38 heavy (non-hydrogen) atoms. The maximum Gasteiger partial charge on any atom is 0.243 e. The predicted octanol–water partition coefficient (Wildman–Crippen LogP) is 3.48. The average molecular weight is 532 g/mol. The van der Waals surface area contributed by atoms with Gasteiger partial charge in [0.25, 0.3) is 0 Å². The van der Waals surface area contributed by atoms with Gasteiger partial charge in [-0.1, -0.05) is 18.2 Å². The maximum atomic E-state index is 13.4. The molecule has 2 aliphatic rings. The van der Waals surface area contributed by atoms with Crippen LogP contribution in [0, 0.1) is 10.8 Å². The van der Waals surface area contributed by atoms with E-state index in [1.165, 1.54) is 16.2 Å². The van der Waals surface area contributed by atoms with Crippen molar-refractivity contribution in [2.75, 3.05) is 18.0 Å². The van der Waals surface area contributed by atoms with Crippen LogP contribution in [0.2, 0.25) is 0 Å². The third-order valence-electron chi connectivity index (χ3n) is 7.07. The molecule has 1 aliphatic heterocycles. The van der Waals surface area contributed by atoms with Crippen LogP contribution in [0.5, 0.6) is 11.5 Å². The van der Waals surface area contributed by atoms with E-state index in [-0.39, 0.29) is 29.6 Å². The Hall–Kier alpha value is -4.18. The molecular formula is C28H29N5O4S. The highest BCUT2D eigenvalue weighted by Crippen LogP contribution is 2.54. The molecule has 1 spiro atoms. The van der Waals surface area contributed by atoms with E-state index in [1.54, 1.807) is 40.6 Å². The number of hydrogen-bond donors (Lipinski definition) is 3. The number of nitrogen functional groups attached to an aromatic ring is 1. The van der Waals surface area contributed by atoms with Crippen LogP contribution in [0.15, 0.2) is 66.0 Å². The standard InChI is InChI=1S/C28H29N5O4S/c29-26(30)19-12-23(38-16-19)14-31-27(36)24-13-28(10-11-28)17-33(24)25(35)15-32(18-34)20-6-8-22(9-7-20)37-21-4-2-1-3-5-21/h1-9,12,16,18,24H,10-11,13-15,17H2,(H3,29,30)(H,31,36). The zero-order valence-electron chi connectivity index (χ0n) is 20.8. The number of nitrogens with zero attached hydrogens (tertiary/aromatic N) is 2. The van der Waals surface area contributed by atoms with Gasteiger partial charge in [0.15, 0.2) is 0 Å². The van der Waals surface area contributed by atoms with Gasteiger partial charge in [-0.3, -0.25) is 19.8 Å². The molecule has 2 heterocycles. The molecule has 1 saturated heterocycles. The average Bonchev–Trinajstić information content (AvgIpc) is 3.33. The van der Waals surface area contributed by atoms with Crippen LogP contribution < -0.4 is 20.7 Å². The van der Waals surface area contributed by atoms with E-state index in [9.17, 15) is 14.4 Å². The van der Waals surface area contributed by atoms with E-state index in [0.29, 0.717) is 48.7 Å². The van der Waals surface area contributed by atoms with Crippen molar-refractivity contribution >= 4 is 41.1 Å². The molecule has 2 aromatic carbocycles. The third-order valence-corrected chi connectivity index (χ3v) is 8.01. The van der Waals surface area contributed by atoms with Crippen molar-refractivity contribution in [1.29, 1.82) is 5.41 Å². The minimum Gasteiger partial charge on any atom is -0.457 e. The molecule has 1 saturated carbocycles. The normalized spacial score (nSPS) is 17.2. The van der Waals surface area contributed by atoms with Gasteiger partial charge in [-0.05, 0) is 67.1 Å². The minimum atomic E-state index is -0.576. The molecule has 196 valence electrons. The summed E-state index contributed by atoms with van der Waals surface area (Å²) in [5, 5.41) is 12.3. The van der Waals surface area contributed by atoms with E-state index >= 15 is 0 Å². The van der Waals surface area contributed by atoms with Crippen LogP contribution in [0.25, 0.3) is 0 Å². The lowest BCUT2D eigenvalue weighted by Crippen LogP contribution is -2.48. The van der Waals surface area contributed by atoms with Crippen molar-refractivity contribution < 1.29 is 19.1 Å². The molecule has 2 fully saturated rings. The molecule has 0 radical (unpaired) electrons. The zero-order valence-corrected chi connectivity index (χ0v) is 21.6. The Balaban J connectivity index is 1.22. The first kappa shape index (κ1) is 25.5. The molecule has 10 heteroatoms. The van der Waals surface area contributed by atoms with Crippen molar-refractivity contribution in [2.24, 2.45) is 11.1 Å². The number of nitrogens with two attached hydrogens (primary N) is 1. The predicted molar refractivity (Wildman–Crippen MR) is 145 cm³/mol. The summed E-state index contributed by atoms with van der Waals surface area (Å²) in [5.74, 6) is 0.833. The number of amides is 3. The lowest BCUT2D eigenvalue weighted by Gasteiger charge is -2.26. The monoisotopic (exact) mass is 531 g/mol. The molecule has 3 amide bonds. The summed E-state index contributed by atoms with van der Waals surface area (Å²) in [5.41, 5.74) is 6.72. The van der Waals surface area contributed by atoms with Gasteiger partial charge in [-0.2, -0.15) is 0 Å². The first-order valence-corrected chi connectivity index (χ1v) is 13.3. The fraction of sp³-hybridized carbons (Fsp3) is 0.286. The van der Waals surface area contributed by atoms with Gasteiger partial charge in [-0.25, -0.2) is 0 Å². The number of anilines is 1. The van der Waals surface area contributed by atoms with Gasteiger partial charge < -0.3 is 25.6 Å². The fourth-order valence-corrected chi connectivity index (χ4v) is 5.58. The lowest BCUT2D eigenvalue weighted by atomic mass is 10.0. The minimum absolute atomic E-state index is 0.00479. The number of rotatable bonds is 10. The zero-order chi connectivity index (χ0) is 26.7. The van der Waals surface area contributed by atoms with Gasteiger partial charge in [0, 0.05) is 28.1 Å². The molecule has 1 unspecified atom stereocenters. The van der Waals surface area contributed by atoms with Crippen molar-refractivity contribution in [2.45, 2.75) is 31.8 Å². The summed E-state index contributed by atoms with van der Waals surface area (Å²) in [4.78, 5) is 42.3. The van der Waals surface area contributed by atoms with Crippen LogP contribution in [-0.2, 0) is 20.9 Å². The summed E-state index contributed by atoms with van der Waals surface area (Å²) < 4.78 is 5.80. The first-order valence-electron chi connectivity index (χ1n) is 12.4. The van der Waals surface area contributed by atoms with E-state index in [0.717, 1.165) is 17.7 Å². The highest BCUT2D eigenvalue weighted by atomic mass is 32.1. The number of benzene rings is 2. The smallest absolute Gasteiger partial charge is 0.243 e. The largest absolute Gasteiger partial charge is 0.457 e. The molecule has 9 nitrogen and oxygen atoms in total. The number of ether oxygens (including phenoxy) is 1. The number of carbonyl (C=O) groups is 3. The Morgan fingerprint density at radius 3 is 2.50 bits per heavy atom. The second-order valence-corrected chi connectivity index (χ2v) is 10.8. The summed E-state index contributed by atoms with van der Waals surface area (Å²) in [7, 11) is 0. The number of hydrogen-bond acceptors (Lipinski definition) is 6. The Labute approximate surface area is 224 Å². The van der Waals surface area contributed by atoms with E-state index in [1.807, 2.05) is 30.3 Å². The molecule has 4 N–H and O–H groups in total. The Kier molecular flexibility index (Phi) is 7.15. The van der Waals surface area contributed by atoms with Gasteiger partial charge in [0.2, 0.25) is 18.2 Å². The number of para-hydroxylation sites is 1. The maximum absolute atomic E-state index is 13.4. The topological polar surface area (TPSA) is 129 Å². The van der Waals surface area contributed by atoms with Crippen LogP contribution in [-0.4, -0.2) is 48.1 Å². The highest BCUT2D eigenvalue weighted by Gasteiger charge is 2.55. The summed E-state index contributed by atoms with van der Waals surface area (Å²) in [6.07, 6.45) is 3.24. The van der Waals surface area contributed by atoms with Gasteiger partial charge in [0.1, 0.15) is 29.9 Å². The Bertz CT molecular complexity index is 1340. The van der Waals surface area contributed by atoms with Gasteiger partial charge >= 0.3 is 0 Å².